The van der Waals surface area contributed by atoms with Crippen LogP contribution >= 0.6 is 0 Å². The van der Waals surface area contributed by atoms with E-state index in [0.29, 0.717) is 12.4 Å². The highest BCUT2D eigenvalue weighted by atomic mass is 16.5. The van der Waals surface area contributed by atoms with E-state index in [9.17, 15) is 4.79 Å². The fourth-order valence-electron chi connectivity index (χ4n) is 3.25. The van der Waals surface area contributed by atoms with Crippen LogP contribution in [0.4, 0.5) is 0 Å². The van der Waals surface area contributed by atoms with Crippen LogP contribution in [0.5, 0.6) is 0 Å². The second-order valence-electron chi connectivity index (χ2n) is 6.75. The first kappa shape index (κ1) is 17.6. The van der Waals surface area contributed by atoms with E-state index in [1.165, 1.54) is 4.68 Å². The zero-order valence-electron chi connectivity index (χ0n) is 15.4. The molecule has 0 bridgehead atoms. The molecular formula is C18H23N7O2. The Kier molecular flexibility index (Phi) is 5.12. The highest BCUT2D eigenvalue weighted by molar-refractivity contribution is 5.17. The molecule has 0 aliphatic carbocycles. The molecule has 27 heavy (non-hydrogen) atoms. The van der Waals surface area contributed by atoms with Gasteiger partial charge in [-0.15, -0.1) is 5.10 Å². The minimum absolute atomic E-state index is 0.0917. The van der Waals surface area contributed by atoms with Crippen molar-refractivity contribution in [1.82, 2.24) is 34.5 Å². The molecule has 4 heterocycles. The van der Waals surface area contributed by atoms with Gasteiger partial charge in [0.2, 0.25) is 0 Å². The number of aryl methyl sites for hydroxylation is 1. The maximum absolute atomic E-state index is 12.1. The number of rotatable bonds is 6. The number of nitrogens with zero attached hydrogens (tertiary/aromatic N) is 7. The van der Waals surface area contributed by atoms with E-state index >= 15 is 0 Å². The molecule has 0 radical (unpaired) electrons. The van der Waals surface area contributed by atoms with Crippen molar-refractivity contribution >= 4 is 0 Å². The Bertz CT molecular complexity index is 923. The minimum Gasteiger partial charge on any atom is -0.361 e. The molecule has 1 saturated heterocycles. The van der Waals surface area contributed by atoms with E-state index in [-0.39, 0.29) is 5.56 Å². The smallest absolute Gasteiger partial charge is 0.266 e. The lowest BCUT2D eigenvalue weighted by Gasteiger charge is -2.34. The van der Waals surface area contributed by atoms with Crippen LogP contribution in [0.3, 0.4) is 0 Å². The molecule has 0 saturated carbocycles. The minimum atomic E-state index is -0.0917. The largest absolute Gasteiger partial charge is 0.361 e. The first-order valence-corrected chi connectivity index (χ1v) is 9.12. The lowest BCUT2D eigenvalue weighted by atomic mass is 10.3. The summed E-state index contributed by atoms with van der Waals surface area (Å²) in [7, 11) is 0. The summed E-state index contributed by atoms with van der Waals surface area (Å²) in [6.07, 6.45) is 3.50. The first-order chi connectivity index (χ1) is 13.2. The van der Waals surface area contributed by atoms with Crippen molar-refractivity contribution < 1.29 is 4.52 Å². The van der Waals surface area contributed by atoms with Crippen LogP contribution in [0.1, 0.15) is 11.5 Å². The predicted octanol–water partition coefficient (Wildman–Crippen LogP) is 0.543. The quantitative estimate of drug-likeness (QED) is 0.627. The van der Waals surface area contributed by atoms with Gasteiger partial charge in [0.1, 0.15) is 5.76 Å². The van der Waals surface area contributed by atoms with Crippen molar-refractivity contribution in [3.8, 4) is 5.82 Å². The highest BCUT2D eigenvalue weighted by Gasteiger charge is 2.18. The second kappa shape index (κ2) is 7.85. The Balaban J connectivity index is 1.30. The van der Waals surface area contributed by atoms with E-state index in [2.05, 4.69) is 25.2 Å². The average Bonchev–Trinajstić information content (AvgIpc) is 3.34. The van der Waals surface area contributed by atoms with Crippen LogP contribution in [0.2, 0.25) is 0 Å². The van der Waals surface area contributed by atoms with E-state index in [4.69, 9.17) is 4.52 Å². The predicted molar refractivity (Wildman–Crippen MR) is 98.6 cm³/mol. The summed E-state index contributed by atoms with van der Waals surface area (Å²) in [5, 5.41) is 12.6. The topological polar surface area (TPSA) is 85.2 Å². The first-order valence-electron chi connectivity index (χ1n) is 9.12. The standard InChI is InChI=1S/C18H23N7O2/c1-15-13-16(21-27-15)14-23-9-7-22(8-10-23)11-12-25-18(26)4-3-17(20-25)24-6-2-5-19-24/h2-6,13H,7-12,14H2,1H3. The fraction of sp³-hybridized carbons (Fsp3) is 0.444. The van der Waals surface area contributed by atoms with E-state index in [1.807, 2.05) is 25.3 Å². The van der Waals surface area contributed by atoms with Crippen molar-refractivity contribution in [3.63, 3.8) is 0 Å². The molecule has 0 spiro atoms. The maximum atomic E-state index is 12.1. The van der Waals surface area contributed by atoms with Crippen LogP contribution in [-0.2, 0) is 13.1 Å². The van der Waals surface area contributed by atoms with Crippen molar-refractivity contribution in [2.45, 2.75) is 20.0 Å². The molecule has 9 nitrogen and oxygen atoms in total. The van der Waals surface area contributed by atoms with Crippen LogP contribution in [-0.4, -0.2) is 67.2 Å². The van der Waals surface area contributed by atoms with E-state index in [0.717, 1.165) is 50.7 Å². The molecule has 0 unspecified atom stereocenters. The lowest BCUT2D eigenvalue weighted by Crippen LogP contribution is -2.47. The molecule has 4 rings (SSSR count). The molecule has 142 valence electrons. The second-order valence-corrected chi connectivity index (χ2v) is 6.75. The summed E-state index contributed by atoms with van der Waals surface area (Å²) >= 11 is 0. The third-order valence-electron chi connectivity index (χ3n) is 4.75. The van der Waals surface area contributed by atoms with Gasteiger partial charge in [0.25, 0.3) is 5.56 Å². The Labute approximate surface area is 156 Å². The normalized spacial score (nSPS) is 16.0. The number of piperazine rings is 1. The molecule has 0 N–H and O–H groups in total. The Morgan fingerprint density at radius 3 is 2.63 bits per heavy atom. The van der Waals surface area contributed by atoms with Crippen molar-refractivity contribution in [2.75, 3.05) is 32.7 Å². The SMILES string of the molecule is Cc1cc(CN2CCN(CCn3nc(-n4cccn4)ccc3=O)CC2)no1. The lowest BCUT2D eigenvalue weighted by molar-refractivity contribution is 0.120. The molecule has 9 heteroatoms. The van der Waals surface area contributed by atoms with Gasteiger partial charge in [-0.1, -0.05) is 5.16 Å². The molecule has 0 aromatic carbocycles. The van der Waals surface area contributed by atoms with Crippen LogP contribution < -0.4 is 5.56 Å². The van der Waals surface area contributed by atoms with Gasteiger partial charge in [-0.25, -0.2) is 9.36 Å². The van der Waals surface area contributed by atoms with Crippen LogP contribution in [0, 0.1) is 6.92 Å². The zero-order valence-corrected chi connectivity index (χ0v) is 15.4. The third kappa shape index (κ3) is 4.32. The van der Waals surface area contributed by atoms with E-state index in [1.54, 1.807) is 23.0 Å². The van der Waals surface area contributed by atoms with Gasteiger partial charge in [0.05, 0.1) is 12.2 Å². The summed E-state index contributed by atoms with van der Waals surface area (Å²) in [6, 6.07) is 7.05. The molecular weight excluding hydrogens is 346 g/mol. The average molecular weight is 369 g/mol. The fourth-order valence-corrected chi connectivity index (χ4v) is 3.25. The van der Waals surface area contributed by atoms with Crippen molar-refractivity contribution in [3.05, 3.63) is 58.5 Å². The Morgan fingerprint density at radius 2 is 1.93 bits per heavy atom. The maximum Gasteiger partial charge on any atom is 0.266 e. The van der Waals surface area contributed by atoms with Gasteiger partial charge >= 0.3 is 0 Å². The van der Waals surface area contributed by atoms with Crippen molar-refractivity contribution in [1.29, 1.82) is 0 Å². The Morgan fingerprint density at radius 1 is 1.11 bits per heavy atom. The van der Waals surface area contributed by atoms with Gasteiger partial charge in [-0.05, 0) is 19.1 Å². The molecule has 0 amide bonds. The van der Waals surface area contributed by atoms with Gasteiger partial charge in [0.15, 0.2) is 5.82 Å². The molecule has 1 fully saturated rings. The summed E-state index contributed by atoms with van der Waals surface area (Å²) in [5.74, 6) is 1.49. The summed E-state index contributed by atoms with van der Waals surface area (Å²) in [6.45, 7) is 7.96. The summed E-state index contributed by atoms with van der Waals surface area (Å²) in [5.41, 5.74) is 0.887. The summed E-state index contributed by atoms with van der Waals surface area (Å²) < 4.78 is 8.30. The monoisotopic (exact) mass is 369 g/mol. The number of hydrogen-bond donors (Lipinski definition) is 0. The van der Waals surface area contributed by atoms with Gasteiger partial charge in [-0.3, -0.25) is 14.6 Å². The third-order valence-corrected chi connectivity index (χ3v) is 4.75. The Hall–Kier alpha value is -2.78. The molecule has 3 aromatic heterocycles. The molecule has 3 aromatic rings. The zero-order chi connectivity index (χ0) is 18.6. The number of hydrogen-bond acceptors (Lipinski definition) is 7. The molecule has 1 aliphatic heterocycles. The summed E-state index contributed by atoms with van der Waals surface area (Å²) in [4.78, 5) is 16.8. The number of aromatic nitrogens is 5. The van der Waals surface area contributed by atoms with Gasteiger partial charge in [0, 0.05) is 63.8 Å². The van der Waals surface area contributed by atoms with E-state index < -0.39 is 0 Å². The van der Waals surface area contributed by atoms with Gasteiger partial charge < -0.3 is 4.52 Å². The highest BCUT2D eigenvalue weighted by Crippen LogP contribution is 2.09. The molecule has 0 atom stereocenters. The van der Waals surface area contributed by atoms with Crippen molar-refractivity contribution in [2.24, 2.45) is 0 Å². The van der Waals surface area contributed by atoms with Crippen LogP contribution in [0.25, 0.3) is 5.82 Å². The van der Waals surface area contributed by atoms with Crippen LogP contribution in [0.15, 0.2) is 46.0 Å². The molecule has 1 aliphatic rings. The van der Waals surface area contributed by atoms with Gasteiger partial charge in [-0.2, -0.15) is 5.10 Å².